The van der Waals surface area contributed by atoms with Gasteiger partial charge in [0.05, 0.1) is 5.56 Å². The van der Waals surface area contributed by atoms with E-state index in [4.69, 9.17) is 0 Å². The van der Waals surface area contributed by atoms with Crippen LogP contribution in [0.25, 0.3) is 0 Å². The van der Waals surface area contributed by atoms with Gasteiger partial charge in [-0.2, -0.15) is 0 Å². The summed E-state index contributed by atoms with van der Waals surface area (Å²) in [6.07, 6.45) is 0.668. The lowest BCUT2D eigenvalue weighted by atomic mass is 9.99. The summed E-state index contributed by atoms with van der Waals surface area (Å²) >= 11 is 0. The SMILES string of the molecule is O=C(c1ccc(O)cc1F)N1CCc2ccc(O)cc2C1. The molecule has 0 aliphatic carbocycles. The van der Waals surface area contributed by atoms with Gasteiger partial charge in [0.1, 0.15) is 17.3 Å². The minimum Gasteiger partial charge on any atom is -0.508 e. The summed E-state index contributed by atoms with van der Waals surface area (Å²) in [5, 5.41) is 18.7. The third-order valence-electron chi connectivity index (χ3n) is 3.67. The average Bonchev–Trinajstić information content (AvgIpc) is 2.46. The predicted octanol–water partition coefficient (Wildman–Crippen LogP) is 2.44. The van der Waals surface area contributed by atoms with Crippen LogP contribution in [0.2, 0.25) is 0 Å². The molecule has 0 atom stereocenters. The Labute approximate surface area is 121 Å². The minimum absolute atomic E-state index is 0.0589. The maximum Gasteiger partial charge on any atom is 0.257 e. The van der Waals surface area contributed by atoms with Gasteiger partial charge in [-0.25, -0.2) is 4.39 Å². The van der Waals surface area contributed by atoms with Crippen molar-refractivity contribution in [3.05, 3.63) is 58.9 Å². The van der Waals surface area contributed by atoms with Crippen molar-refractivity contribution in [1.82, 2.24) is 4.90 Å². The Kier molecular flexibility index (Phi) is 3.25. The van der Waals surface area contributed by atoms with Crippen molar-refractivity contribution in [1.29, 1.82) is 0 Å². The zero-order valence-electron chi connectivity index (χ0n) is 11.2. The van der Waals surface area contributed by atoms with Crippen molar-refractivity contribution in [2.75, 3.05) is 6.54 Å². The Morgan fingerprint density at radius 2 is 1.76 bits per heavy atom. The molecular formula is C16H14FNO3. The van der Waals surface area contributed by atoms with Crippen LogP contribution >= 0.6 is 0 Å². The largest absolute Gasteiger partial charge is 0.508 e. The number of hydrogen-bond acceptors (Lipinski definition) is 3. The molecular weight excluding hydrogens is 273 g/mol. The van der Waals surface area contributed by atoms with Crippen molar-refractivity contribution in [2.45, 2.75) is 13.0 Å². The summed E-state index contributed by atoms with van der Waals surface area (Å²) in [6.45, 7) is 0.833. The van der Waals surface area contributed by atoms with Crippen molar-refractivity contribution in [3.8, 4) is 11.5 Å². The van der Waals surface area contributed by atoms with Crippen LogP contribution in [-0.2, 0) is 13.0 Å². The highest BCUT2D eigenvalue weighted by atomic mass is 19.1. The van der Waals surface area contributed by atoms with Gasteiger partial charge in [-0.3, -0.25) is 4.79 Å². The lowest BCUT2D eigenvalue weighted by molar-refractivity contribution is 0.0729. The molecule has 1 amide bonds. The van der Waals surface area contributed by atoms with Crippen LogP contribution in [0.3, 0.4) is 0 Å². The van der Waals surface area contributed by atoms with E-state index in [9.17, 15) is 19.4 Å². The van der Waals surface area contributed by atoms with Gasteiger partial charge in [0, 0.05) is 19.2 Å². The van der Waals surface area contributed by atoms with Gasteiger partial charge < -0.3 is 15.1 Å². The molecule has 0 radical (unpaired) electrons. The van der Waals surface area contributed by atoms with Gasteiger partial charge in [-0.05, 0) is 41.8 Å². The molecule has 1 aliphatic heterocycles. The first-order chi connectivity index (χ1) is 10.0. The maximum absolute atomic E-state index is 13.8. The fourth-order valence-corrected chi connectivity index (χ4v) is 2.56. The van der Waals surface area contributed by atoms with Crippen LogP contribution in [0.1, 0.15) is 21.5 Å². The standard InChI is InChI=1S/C16H14FNO3/c17-15-8-13(20)3-4-14(15)16(21)18-6-5-10-1-2-12(19)7-11(10)9-18/h1-4,7-8,19-20H,5-6,9H2. The number of rotatable bonds is 1. The monoisotopic (exact) mass is 287 g/mol. The Bertz CT molecular complexity index is 715. The first-order valence-corrected chi connectivity index (χ1v) is 6.63. The summed E-state index contributed by atoms with van der Waals surface area (Å²) in [4.78, 5) is 13.9. The maximum atomic E-state index is 13.8. The topological polar surface area (TPSA) is 60.8 Å². The number of halogens is 1. The van der Waals surface area contributed by atoms with Gasteiger partial charge >= 0.3 is 0 Å². The zero-order valence-corrected chi connectivity index (χ0v) is 11.2. The molecule has 1 heterocycles. The smallest absolute Gasteiger partial charge is 0.257 e. The molecule has 108 valence electrons. The van der Waals surface area contributed by atoms with Gasteiger partial charge in [0.15, 0.2) is 0 Å². The first kappa shape index (κ1) is 13.4. The second-order valence-corrected chi connectivity index (χ2v) is 5.09. The number of carbonyl (C=O) groups is 1. The van der Waals surface area contributed by atoms with Crippen LogP contribution < -0.4 is 0 Å². The molecule has 0 bridgehead atoms. The van der Waals surface area contributed by atoms with E-state index in [0.29, 0.717) is 19.5 Å². The first-order valence-electron chi connectivity index (χ1n) is 6.63. The molecule has 2 N–H and O–H groups in total. The van der Waals surface area contributed by atoms with E-state index in [0.717, 1.165) is 17.2 Å². The number of nitrogens with zero attached hydrogens (tertiary/aromatic N) is 1. The number of phenolic OH excluding ortho intramolecular Hbond substituents is 2. The van der Waals surface area contributed by atoms with Gasteiger partial charge in [-0.1, -0.05) is 6.07 Å². The second-order valence-electron chi connectivity index (χ2n) is 5.09. The van der Waals surface area contributed by atoms with Crippen molar-refractivity contribution >= 4 is 5.91 Å². The number of hydrogen-bond donors (Lipinski definition) is 2. The highest BCUT2D eigenvalue weighted by Crippen LogP contribution is 2.25. The van der Waals surface area contributed by atoms with Crippen molar-refractivity contribution in [3.63, 3.8) is 0 Å². The molecule has 2 aromatic carbocycles. The summed E-state index contributed by atoms with van der Waals surface area (Å²) in [5.74, 6) is -1.21. The van der Waals surface area contributed by atoms with Gasteiger partial charge in [0.2, 0.25) is 0 Å². The Hall–Kier alpha value is -2.56. The molecule has 0 saturated heterocycles. The third kappa shape index (κ3) is 2.54. The van der Waals surface area contributed by atoms with E-state index in [-0.39, 0.29) is 17.1 Å². The highest BCUT2D eigenvalue weighted by Gasteiger charge is 2.24. The summed E-state index contributed by atoms with van der Waals surface area (Å²) < 4.78 is 13.8. The van der Waals surface area contributed by atoms with Crippen LogP contribution in [0.5, 0.6) is 11.5 Å². The van der Waals surface area contributed by atoms with Crippen LogP contribution in [0, 0.1) is 5.82 Å². The Balaban J connectivity index is 1.87. The van der Waals surface area contributed by atoms with E-state index in [1.165, 1.54) is 17.0 Å². The normalized spacial score (nSPS) is 13.9. The molecule has 21 heavy (non-hydrogen) atoms. The summed E-state index contributed by atoms with van der Waals surface area (Å²) in [6, 6.07) is 8.59. The quantitative estimate of drug-likeness (QED) is 0.847. The molecule has 0 fully saturated rings. The molecule has 0 saturated carbocycles. The van der Waals surface area contributed by atoms with E-state index in [1.54, 1.807) is 12.1 Å². The number of carbonyl (C=O) groups excluding carboxylic acids is 1. The fourth-order valence-electron chi connectivity index (χ4n) is 2.56. The summed E-state index contributed by atoms with van der Waals surface area (Å²) in [5.41, 5.74) is 1.90. The molecule has 3 rings (SSSR count). The fraction of sp³-hybridized carbons (Fsp3) is 0.188. The number of phenols is 2. The lowest BCUT2D eigenvalue weighted by Crippen LogP contribution is -2.36. The molecule has 0 unspecified atom stereocenters. The van der Waals surface area contributed by atoms with Gasteiger partial charge in [-0.15, -0.1) is 0 Å². The van der Waals surface area contributed by atoms with Crippen molar-refractivity contribution in [2.24, 2.45) is 0 Å². The summed E-state index contributed by atoms with van der Waals surface area (Å²) in [7, 11) is 0. The Morgan fingerprint density at radius 3 is 2.52 bits per heavy atom. The molecule has 1 aliphatic rings. The average molecular weight is 287 g/mol. The van der Waals surface area contributed by atoms with E-state index in [2.05, 4.69) is 0 Å². The highest BCUT2D eigenvalue weighted by molar-refractivity contribution is 5.94. The lowest BCUT2D eigenvalue weighted by Gasteiger charge is -2.29. The molecule has 0 spiro atoms. The number of benzene rings is 2. The number of amides is 1. The molecule has 5 heteroatoms. The second kappa shape index (κ2) is 5.09. The van der Waals surface area contributed by atoms with Crippen LogP contribution in [-0.4, -0.2) is 27.6 Å². The zero-order chi connectivity index (χ0) is 15.0. The number of aromatic hydroxyl groups is 2. The van der Waals surface area contributed by atoms with E-state index < -0.39 is 11.7 Å². The number of fused-ring (bicyclic) bond motifs is 1. The van der Waals surface area contributed by atoms with E-state index >= 15 is 0 Å². The Morgan fingerprint density at radius 1 is 1.05 bits per heavy atom. The van der Waals surface area contributed by atoms with E-state index in [1.807, 2.05) is 6.07 Å². The minimum atomic E-state index is -0.735. The third-order valence-corrected chi connectivity index (χ3v) is 3.67. The van der Waals surface area contributed by atoms with Crippen molar-refractivity contribution < 1.29 is 19.4 Å². The molecule has 2 aromatic rings. The van der Waals surface area contributed by atoms with Crippen LogP contribution in [0.15, 0.2) is 36.4 Å². The van der Waals surface area contributed by atoms with Crippen LogP contribution in [0.4, 0.5) is 4.39 Å². The predicted molar refractivity (Wildman–Crippen MR) is 74.6 cm³/mol. The molecule has 4 nitrogen and oxygen atoms in total. The molecule has 0 aromatic heterocycles. The van der Waals surface area contributed by atoms with Gasteiger partial charge in [0.25, 0.3) is 5.91 Å².